The summed E-state index contributed by atoms with van der Waals surface area (Å²) in [5.41, 5.74) is -0.0538. The van der Waals surface area contributed by atoms with Gasteiger partial charge in [0.1, 0.15) is 5.60 Å². The van der Waals surface area contributed by atoms with Crippen LogP contribution in [0, 0.1) is 5.41 Å². The van der Waals surface area contributed by atoms with E-state index in [1.165, 1.54) is 0 Å². The zero-order valence-electron chi connectivity index (χ0n) is 10.9. The molecule has 1 rings (SSSR count). The van der Waals surface area contributed by atoms with Gasteiger partial charge in [-0.3, -0.25) is 15.0 Å². The van der Waals surface area contributed by atoms with E-state index in [0.717, 1.165) is 5.01 Å². The average molecular weight is 258 g/mol. The lowest BCUT2D eigenvalue weighted by Crippen LogP contribution is -2.42. The van der Waals surface area contributed by atoms with E-state index in [1.54, 1.807) is 27.7 Å². The van der Waals surface area contributed by atoms with Gasteiger partial charge in [-0.2, -0.15) is 0 Å². The van der Waals surface area contributed by atoms with Crippen molar-refractivity contribution < 1.29 is 24.2 Å². The fourth-order valence-electron chi connectivity index (χ4n) is 1.63. The highest BCUT2D eigenvalue weighted by Crippen LogP contribution is 2.29. The van der Waals surface area contributed by atoms with Crippen LogP contribution in [0.5, 0.6) is 0 Å². The zero-order valence-corrected chi connectivity index (χ0v) is 10.9. The SMILES string of the molecule is CCC1(C(=O)O)CN(C(=O)OC(C)(C)C)NC1=O. The Kier molecular flexibility index (Phi) is 3.54. The van der Waals surface area contributed by atoms with Crippen molar-refractivity contribution in [1.82, 2.24) is 10.4 Å². The summed E-state index contributed by atoms with van der Waals surface area (Å²) >= 11 is 0. The molecule has 102 valence electrons. The largest absolute Gasteiger partial charge is 0.480 e. The van der Waals surface area contributed by atoms with Gasteiger partial charge >= 0.3 is 12.1 Å². The number of carbonyl (C=O) groups excluding carboxylic acids is 2. The van der Waals surface area contributed by atoms with Gasteiger partial charge in [-0.05, 0) is 27.2 Å². The molecule has 0 radical (unpaired) electrons. The summed E-state index contributed by atoms with van der Waals surface area (Å²) < 4.78 is 5.07. The predicted octanol–water partition coefficient (Wildman–Crippen LogP) is 0.749. The van der Waals surface area contributed by atoms with Gasteiger partial charge in [0.05, 0.1) is 6.54 Å². The van der Waals surface area contributed by atoms with Crippen molar-refractivity contribution in [2.24, 2.45) is 5.41 Å². The van der Waals surface area contributed by atoms with Crippen LogP contribution in [-0.2, 0) is 14.3 Å². The molecule has 1 aliphatic heterocycles. The molecule has 0 bridgehead atoms. The summed E-state index contributed by atoms with van der Waals surface area (Å²) in [6, 6.07) is 0. The van der Waals surface area contributed by atoms with Gasteiger partial charge in [0.15, 0.2) is 5.41 Å². The number of carboxylic acids is 1. The quantitative estimate of drug-likeness (QED) is 0.712. The molecule has 7 heteroatoms. The Hall–Kier alpha value is -1.79. The molecule has 2 N–H and O–H groups in total. The van der Waals surface area contributed by atoms with E-state index < -0.39 is 29.0 Å². The highest BCUT2D eigenvalue weighted by atomic mass is 16.6. The number of carbonyl (C=O) groups is 3. The second kappa shape index (κ2) is 4.47. The summed E-state index contributed by atoms with van der Waals surface area (Å²) in [5.74, 6) is -1.93. The third-order valence-electron chi connectivity index (χ3n) is 2.73. The zero-order chi connectivity index (χ0) is 14.1. The Bertz CT molecular complexity index is 387. The molecule has 18 heavy (non-hydrogen) atoms. The number of nitrogens with one attached hydrogen (secondary N) is 1. The Morgan fingerprint density at radius 2 is 2.06 bits per heavy atom. The van der Waals surface area contributed by atoms with Crippen LogP contribution in [-0.4, -0.2) is 40.2 Å². The minimum absolute atomic E-state index is 0.105. The minimum Gasteiger partial charge on any atom is -0.480 e. The first-order valence-corrected chi connectivity index (χ1v) is 5.67. The Morgan fingerprint density at radius 1 is 1.50 bits per heavy atom. The van der Waals surface area contributed by atoms with Crippen molar-refractivity contribution in [3.8, 4) is 0 Å². The third kappa shape index (κ3) is 2.55. The summed E-state index contributed by atoms with van der Waals surface area (Å²) in [6.07, 6.45) is -0.652. The van der Waals surface area contributed by atoms with Crippen LogP contribution in [0.4, 0.5) is 4.79 Å². The number of hydrogen-bond donors (Lipinski definition) is 2. The second-order valence-electron chi connectivity index (χ2n) is 5.25. The lowest BCUT2D eigenvalue weighted by molar-refractivity contribution is -0.153. The van der Waals surface area contributed by atoms with E-state index in [-0.39, 0.29) is 13.0 Å². The van der Waals surface area contributed by atoms with Gasteiger partial charge in [0.25, 0.3) is 5.91 Å². The molecule has 0 saturated carbocycles. The average Bonchev–Trinajstić information content (AvgIpc) is 2.54. The van der Waals surface area contributed by atoms with Gasteiger partial charge in [-0.1, -0.05) is 6.92 Å². The summed E-state index contributed by atoms with van der Waals surface area (Å²) in [5, 5.41) is 10.0. The number of amides is 2. The molecule has 1 atom stereocenters. The molecule has 1 fully saturated rings. The first-order valence-electron chi connectivity index (χ1n) is 5.67. The van der Waals surface area contributed by atoms with Gasteiger partial charge in [-0.25, -0.2) is 9.80 Å². The third-order valence-corrected chi connectivity index (χ3v) is 2.73. The van der Waals surface area contributed by atoms with Crippen LogP contribution in [0.1, 0.15) is 34.1 Å². The molecule has 0 aromatic rings. The van der Waals surface area contributed by atoms with Gasteiger partial charge < -0.3 is 9.84 Å². The Morgan fingerprint density at radius 3 is 2.39 bits per heavy atom. The van der Waals surface area contributed by atoms with Crippen molar-refractivity contribution in [2.75, 3.05) is 6.54 Å². The van der Waals surface area contributed by atoms with Gasteiger partial charge in [0, 0.05) is 0 Å². The van der Waals surface area contributed by atoms with Crippen LogP contribution in [0.2, 0.25) is 0 Å². The molecule has 0 aromatic heterocycles. The Labute approximate surface area is 105 Å². The molecule has 0 aromatic carbocycles. The standard InChI is InChI=1S/C11H18N2O5/c1-5-11(8(15)16)6-13(12-7(11)14)9(17)18-10(2,3)4/h5-6H2,1-4H3,(H,12,14)(H,15,16). The van der Waals surface area contributed by atoms with E-state index >= 15 is 0 Å². The molecule has 1 heterocycles. The van der Waals surface area contributed by atoms with E-state index in [4.69, 9.17) is 9.84 Å². The minimum atomic E-state index is -1.59. The molecule has 0 aliphatic carbocycles. The number of rotatable bonds is 2. The molecule has 7 nitrogen and oxygen atoms in total. The smallest absolute Gasteiger partial charge is 0.429 e. The van der Waals surface area contributed by atoms with Gasteiger partial charge in [0.2, 0.25) is 0 Å². The number of aliphatic carboxylic acids is 1. The number of hydrogen-bond acceptors (Lipinski definition) is 4. The van der Waals surface area contributed by atoms with Crippen LogP contribution < -0.4 is 5.43 Å². The first-order chi connectivity index (χ1) is 8.12. The van der Waals surface area contributed by atoms with Crippen LogP contribution in [0.3, 0.4) is 0 Å². The fourth-order valence-corrected chi connectivity index (χ4v) is 1.63. The van der Waals surface area contributed by atoms with Gasteiger partial charge in [-0.15, -0.1) is 0 Å². The summed E-state index contributed by atoms with van der Waals surface area (Å²) in [7, 11) is 0. The molecule has 1 aliphatic rings. The van der Waals surface area contributed by atoms with E-state index in [9.17, 15) is 14.4 Å². The highest BCUT2D eigenvalue weighted by molar-refractivity contribution is 6.04. The fraction of sp³-hybridized carbons (Fsp3) is 0.727. The van der Waals surface area contributed by atoms with Crippen molar-refractivity contribution in [3.05, 3.63) is 0 Å². The Balaban J connectivity index is 2.84. The van der Waals surface area contributed by atoms with Crippen LogP contribution in [0.25, 0.3) is 0 Å². The normalized spacial score (nSPS) is 23.8. The van der Waals surface area contributed by atoms with Crippen molar-refractivity contribution >= 4 is 18.0 Å². The number of ether oxygens (including phenoxy) is 1. The van der Waals surface area contributed by atoms with Crippen molar-refractivity contribution in [3.63, 3.8) is 0 Å². The maximum atomic E-state index is 11.7. The van der Waals surface area contributed by atoms with E-state index in [0.29, 0.717) is 0 Å². The second-order valence-corrected chi connectivity index (χ2v) is 5.25. The number of carboxylic acid groups (broad SMARTS) is 1. The molecule has 1 unspecified atom stereocenters. The summed E-state index contributed by atoms with van der Waals surface area (Å²) in [4.78, 5) is 34.6. The van der Waals surface area contributed by atoms with Crippen molar-refractivity contribution in [2.45, 2.75) is 39.7 Å². The van der Waals surface area contributed by atoms with E-state index in [1.807, 2.05) is 0 Å². The van der Waals surface area contributed by atoms with Crippen LogP contribution in [0.15, 0.2) is 0 Å². The lowest BCUT2D eigenvalue weighted by Gasteiger charge is -2.24. The topological polar surface area (TPSA) is 95.9 Å². The lowest BCUT2D eigenvalue weighted by atomic mass is 9.85. The first kappa shape index (κ1) is 14.3. The molecular weight excluding hydrogens is 240 g/mol. The molecule has 2 amide bonds. The van der Waals surface area contributed by atoms with E-state index in [2.05, 4.69) is 5.43 Å². The molecular formula is C11H18N2O5. The highest BCUT2D eigenvalue weighted by Gasteiger charge is 2.53. The van der Waals surface area contributed by atoms with Crippen LogP contribution >= 0.6 is 0 Å². The molecule has 0 spiro atoms. The maximum Gasteiger partial charge on any atom is 0.429 e. The maximum absolute atomic E-state index is 11.7. The number of nitrogens with zero attached hydrogens (tertiary/aromatic N) is 1. The molecule has 1 saturated heterocycles. The monoisotopic (exact) mass is 258 g/mol. The predicted molar refractivity (Wildman–Crippen MR) is 61.4 cm³/mol. The van der Waals surface area contributed by atoms with Crippen molar-refractivity contribution in [1.29, 1.82) is 0 Å². The summed E-state index contributed by atoms with van der Waals surface area (Å²) in [6.45, 7) is 6.42. The number of hydrazine groups is 1.